The summed E-state index contributed by atoms with van der Waals surface area (Å²) in [5.41, 5.74) is 7.38. The molecule has 0 saturated carbocycles. The van der Waals surface area contributed by atoms with Gasteiger partial charge in [0, 0.05) is 5.56 Å². The van der Waals surface area contributed by atoms with Crippen molar-refractivity contribution in [3.05, 3.63) is 56.8 Å². The lowest BCUT2D eigenvalue weighted by Gasteiger charge is -2.19. The third-order valence-corrected chi connectivity index (χ3v) is 4.17. The van der Waals surface area contributed by atoms with Crippen LogP contribution in [0.25, 0.3) is 0 Å². The van der Waals surface area contributed by atoms with E-state index in [1.165, 1.54) is 13.2 Å². The van der Waals surface area contributed by atoms with E-state index in [4.69, 9.17) is 26.8 Å². The van der Waals surface area contributed by atoms with Crippen LogP contribution in [0.3, 0.4) is 0 Å². The monoisotopic (exact) mass is 373 g/mol. The molecule has 3 nitrogen and oxygen atoms in total. The van der Waals surface area contributed by atoms with E-state index in [1.54, 1.807) is 31.4 Å². The minimum absolute atomic E-state index is 0.00828. The van der Waals surface area contributed by atoms with E-state index in [2.05, 4.69) is 15.9 Å². The number of hydrogen-bond acceptors (Lipinski definition) is 3. The Morgan fingerprint density at radius 1 is 1.14 bits per heavy atom. The Morgan fingerprint density at radius 3 is 2.43 bits per heavy atom. The van der Waals surface area contributed by atoms with Crippen molar-refractivity contribution in [3.8, 4) is 11.5 Å². The molecule has 2 aromatic carbocycles. The molecule has 21 heavy (non-hydrogen) atoms. The average Bonchev–Trinajstić information content (AvgIpc) is 2.49. The zero-order chi connectivity index (χ0) is 15.6. The van der Waals surface area contributed by atoms with Crippen LogP contribution in [0.4, 0.5) is 4.39 Å². The highest BCUT2D eigenvalue weighted by Gasteiger charge is 2.20. The fraction of sp³-hybridized carbons (Fsp3) is 0.200. The predicted molar refractivity (Wildman–Crippen MR) is 84.7 cm³/mol. The van der Waals surface area contributed by atoms with E-state index in [0.717, 1.165) is 4.47 Å². The first-order valence-electron chi connectivity index (χ1n) is 6.10. The van der Waals surface area contributed by atoms with Crippen molar-refractivity contribution >= 4 is 27.5 Å². The zero-order valence-electron chi connectivity index (χ0n) is 11.5. The predicted octanol–water partition coefficient (Wildman–Crippen LogP) is 4.31. The molecule has 0 amide bonds. The third kappa shape index (κ3) is 3.15. The van der Waals surface area contributed by atoms with Crippen LogP contribution in [0.1, 0.15) is 17.2 Å². The van der Waals surface area contributed by atoms with Crippen molar-refractivity contribution in [1.82, 2.24) is 0 Å². The summed E-state index contributed by atoms with van der Waals surface area (Å²) in [6.07, 6.45) is 0. The molecule has 0 aliphatic rings. The van der Waals surface area contributed by atoms with Gasteiger partial charge in [-0.25, -0.2) is 4.39 Å². The van der Waals surface area contributed by atoms with Gasteiger partial charge < -0.3 is 15.2 Å². The van der Waals surface area contributed by atoms with Gasteiger partial charge in [0.05, 0.1) is 29.8 Å². The second-order valence-electron chi connectivity index (χ2n) is 4.35. The van der Waals surface area contributed by atoms with Crippen molar-refractivity contribution in [2.24, 2.45) is 5.73 Å². The van der Waals surface area contributed by atoms with Crippen LogP contribution >= 0.6 is 27.5 Å². The van der Waals surface area contributed by atoms with E-state index in [9.17, 15) is 4.39 Å². The SMILES string of the molecule is COc1cc(C(N)c2cccc(F)c2Cl)c(OC)cc1Br. The Labute approximate surface area is 135 Å². The van der Waals surface area contributed by atoms with Crippen molar-refractivity contribution < 1.29 is 13.9 Å². The standard InChI is InChI=1S/C15H14BrClFNO2/c1-20-12-7-10(16)13(21-2)6-9(12)15(19)8-4-3-5-11(18)14(8)17/h3-7,15H,19H2,1-2H3. The van der Waals surface area contributed by atoms with Gasteiger partial charge in [-0.2, -0.15) is 0 Å². The molecule has 112 valence electrons. The van der Waals surface area contributed by atoms with E-state index in [0.29, 0.717) is 22.6 Å². The fourth-order valence-corrected chi connectivity index (χ4v) is 2.78. The molecule has 1 atom stereocenters. The number of ether oxygens (including phenoxy) is 2. The quantitative estimate of drug-likeness (QED) is 0.867. The Kier molecular flexibility index (Phi) is 5.08. The van der Waals surface area contributed by atoms with Gasteiger partial charge >= 0.3 is 0 Å². The molecule has 0 radical (unpaired) electrons. The molecule has 2 aromatic rings. The van der Waals surface area contributed by atoms with Crippen molar-refractivity contribution in [2.45, 2.75) is 6.04 Å². The number of methoxy groups -OCH3 is 2. The Hall–Kier alpha value is -1.30. The minimum Gasteiger partial charge on any atom is -0.496 e. The van der Waals surface area contributed by atoms with Crippen LogP contribution in [0.2, 0.25) is 5.02 Å². The summed E-state index contributed by atoms with van der Waals surface area (Å²) in [5.74, 6) is 0.664. The van der Waals surface area contributed by atoms with Gasteiger partial charge in [-0.15, -0.1) is 0 Å². The van der Waals surface area contributed by atoms with Crippen LogP contribution in [-0.2, 0) is 0 Å². The molecule has 2 N–H and O–H groups in total. The highest BCUT2D eigenvalue weighted by Crippen LogP contribution is 2.38. The average molecular weight is 375 g/mol. The lowest BCUT2D eigenvalue weighted by Crippen LogP contribution is -2.14. The van der Waals surface area contributed by atoms with Gasteiger partial charge in [-0.05, 0) is 39.7 Å². The summed E-state index contributed by atoms with van der Waals surface area (Å²) in [4.78, 5) is 0. The smallest absolute Gasteiger partial charge is 0.142 e. The number of halogens is 3. The van der Waals surface area contributed by atoms with Gasteiger partial charge in [0.1, 0.15) is 17.3 Å². The molecule has 0 heterocycles. The molecule has 0 bridgehead atoms. The van der Waals surface area contributed by atoms with E-state index in [-0.39, 0.29) is 5.02 Å². The number of rotatable bonds is 4. The Morgan fingerprint density at radius 2 is 1.81 bits per heavy atom. The lowest BCUT2D eigenvalue weighted by molar-refractivity contribution is 0.395. The first kappa shape index (κ1) is 16.1. The Bertz CT molecular complexity index is 666. The van der Waals surface area contributed by atoms with Crippen LogP contribution in [0, 0.1) is 5.82 Å². The fourth-order valence-electron chi connectivity index (χ4n) is 2.06. The van der Waals surface area contributed by atoms with Gasteiger partial charge in [-0.1, -0.05) is 23.7 Å². The maximum absolute atomic E-state index is 13.6. The molecular weight excluding hydrogens is 361 g/mol. The van der Waals surface area contributed by atoms with Crippen molar-refractivity contribution in [2.75, 3.05) is 14.2 Å². The summed E-state index contributed by atoms with van der Waals surface area (Å²) < 4.78 is 24.9. The van der Waals surface area contributed by atoms with E-state index in [1.807, 2.05) is 0 Å². The summed E-state index contributed by atoms with van der Waals surface area (Å²) in [6.45, 7) is 0. The molecule has 0 spiro atoms. The summed E-state index contributed by atoms with van der Waals surface area (Å²) in [5, 5.41) is 0.00828. The summed E-state index contributed by atoms with van der Waals surface area (Å²) in [6, 6.07) is 7.40. The first-order chi connectivity index (χ1) is 9.99. The van der Waals surface area contributed by atoms with Gasteiger partial charge in [0.25, 0.3) is 0 Å². The van der Waals surface area contributed by atoms with E-state index >= 15 is 0 Å². The molecule has 0 aliphatic heterocycles. The molecule has 6 heteroatoms. The van der Waals surface area contributed by atoms with Crippen LogP contribution in [0.5, 0.6) is 11.5 Å². The van der Waals surface area contributed by atoms with Crippen LogP contribution in [0.15, 0.2) is 34.8 Å². The maximum atomic E-state index is 13.6. The van der Waals surface area contributed by atoms with Gasteiger partial charge in [0.15, 0.2) is 0 Å². The number of benzene rings is 2. The van der Waals surface area contributed by atoms with E-state index < -0.39 is 11.9 Å². The third-order valence-electron chi connectivity index (χ3n) is 3.16. The Balaban J connectivity index is 2.56. The van der Waals surface area contributed by atoms with Crippen LogP contribution in [-0.4, -0.2) is 14.2 Å². The normalized spacial score (nSPS) is 12.1. The molecule has 0 fully saturated rings. The van der Waals surface area contributed by atoms with Gasteiger partial charge in [0.2, 0.25) is 0 Å². The number of hydrogen-bond donors (Lipinski definition) is 1. The largest absolute Gasteiger partial charge is 0.496 e. The summed E-state index contributed by atoms with van der Waals surface area (Å²) >= 11 is 9.38. The molecular formula is C15H14BrClFNO2. The highest BCUT2D eigenvalue weighted by molar-refractivity contribution is 9.10. The summed E-state index contributed by atoms with van der Waals surface area (Å²) in [7, 11) is 3.09. The molecule has 1 unspecified atom stereocenters. The molecule has 0 aliphatic carbocycles. The van der Waals surface area contributed by atoms with Crippen molar-refractivity contribution in [3.63, 3.8) is 0 Å². The van der Waals surface area contributed by atoms with Crippen LogP contribution < -0.4 is 15.2 Å². The molecule has 0 saturated heterocycles. The lowest BCUT2D eigenvalue weighted by atomic mass is 9.98. The maximum Gasteiger partial charge on any atom is 0.142 e. The second kappa shape index (κ2) is 6.64. The topological polar surface area (TPSA) is 44.5 Å². The highest BCUT2D eigenvalue weighted by atomic mass is 79.9. The van der Waals surface area contributed by atoms with Crippen molar-refractivity contribution in [1.29, 1.82) is 0 Å². The number of nitrogens with two attached hydrogens (primary N) is 1. The minimum atomic E-state index is -0.634. The first-order valence-corrected chi connectivity index (χ1v) is 7.27. The zero-order valence-corrected chi connectivity index (χ0v) is 13.8. The second-order valence-corrected chi connectivity index (χ2v) is 5.58. The molecule has 0 aromatic heterocycles. The molecule has 2 rings (SSSR count). The van der Waals surface area contributed by atoms with Gasteiger partial charge in [-0.3, -0.25) is 0 Å².